The molecule has 226 valence electrons. The second kappa shape index (κ2) is 13.0. The molecule has 1 N–H and O–H groups in total. The minimum absolute atomic E-state index is 0.239. The molecule has 1 atom stereocenters. The van der Waals surface area contributed by atoms with Crippen molar-refractivity contribution < 1.29 is 18.3 Å². The van der Waals surface area contributed by atoms with Gasteiger partial charge in [-0.3, -0.25) is 14.3 Å². The van der Waals surface area contributed by atoms with Gasteiger partial charge in [0.1, 0.15) is 11.3 Å². The number of ether oxygens (including phenoxy) is 1. The standard InChI is InChI=1S/C32H33N7O4S/c1-3-7-28-35-29-22(2)34-32(37-16-18-43-19-17-37)36-30(29)38(28)21-23-10-12-24(13-11-23)26-14-15-33-20-27(26)39(44(41)42)31(40)25-8-5-4-6-9-25/h4-6,8-15,20H,3,7,16-19,21H2,1-2H3,(H,41,42). The van der Waals surface area contributed by atoms with E-state index in [1.54, 1.807) is 42.6 Å². The van der Waals surface area contributed by atoms with Gasteiger partial charge >= 0.3 is 0 Å². The van der Waals surface area contributed by atoms with Gasteiger partial charge in [-0.1, -0.05) is 49.4 Å². The average molecular weight is 612 g/mol. The molecule has 3 aromatic heterocycles. The Kier molecular flexibility index (Phi) is 8.73. The number of carbonyl (C=O) groups excluding carboxylic acids is 1. The van der Waals surface area contributed by atoms with Crippen LogP contribution in [0.3, 0.4) is 0 Å². The maximum atomic E-state index is 13.3. The lowest BCUT2D eigenvalue weighted by Gasteiger charge is -2.27. The Morgan fingerprint density at radius 2 is 1.77 bits per heavy atom. The molecule has 1 aliphatic rings. The molecular formula is C32H33N7O4S. The van der Waals surface area contributed by atoms with Crippen LogP contribution in [0.25, 0.3) is 22.3 Å². The van der Waals surface area contributed by atoms with E-state index in [4.69, 9.17) is 19.7 Å². The summed E-state index contributed by atoms with van der Waals surface area (Å²) in [5, 5.41) is 0. The molecule has 1 aliphatic heterocycles. The number of pyridine rings is 1. The summed E-state index contributed by atoms with van der Waals surface area (Å²) in [6.45, 7) is 7.47. The van der Waals surface area contributed by atoms with Crippen LogP contribution in [0.2, 0.25) is 0 Å². The quantitative estimate of drug-likeness (QED) is 0.234. The van der Waals surface area contributed by atoms with Crippen LogP contribution in [0.5, 0.6) is 0 Å². The summed E-state index contributed by atoms with van der Waals surface area (Å²) in [6, 6.07) is 18.1. The summed E-state index contributed by atoms with van der Waals surface area (Å²) in [5.74, 6) is 1.06. The molecule has 1 amide bonds. The lowest BCUT2D eigenvalue weighted by Crippen LogP contribution is -2.37. The molecule has 6 rings (SSSR count). The highest BCUT2D eigenvalue weighted by molar-refractivity contribution is 7.81. The van der Waals surface area contributed by atoms with E-state index < -0.39 is 17.2 Å². The van der Waals surface area contributed by atoms with Gasteiger partial charge in [-0.25, -0.2) is 14.2 Å². The van der Waals surface area contributed by atoms with Crippen LogP contribution in [0.4, 0.5) is 11.6 Å². The van der Waals surface area contributed by atoms with Crippen LogP contribution in [-0.4, -0.2) is 65.5 Å². The molecule has 0 aliphatic carbocycles. The van der Waals surface area contributed by atoms with Crippen molar-refractivity contribution in [3.05, 3.63) is 95.7 Å². The van der Waals surface area contributed by atoms with E-state index in [9.17, 15) is 13.6 Å². The highest BCUT2D eigenvalue weighted by Crippen LogP contribution is 2.32. The molecule has 0 spiro atoms. The number of imidazole rings is 1. The van der Waals surface area contributed by atoms with E-state index in [1.165, 1.54) is 6.20 Å². The first-order valence-electron chi connectivity index (χ1n) is 14.5. The van der Waals surface area contributed by atoms with Crippen molar-refractivity contribution in [1.82, 2.24) is 24.5 Å². The van der Waals surface area contributed by atoms with Gasteiger partial charge in [-0.2, -0.15) is 9.29 Å². The first kappa shape index (κ1) is 29.5. The molecule has 5 aromatic rings. The number of amides is 1. The normalized spacial score (nSPS) is 14.1. The van der Waals surface area contributed by atoms with Crippen LogP contribution >= 0.6 is 0 Å². The number of benzene rings is 2. The lowest BCUT2D eigenvalue weighted by molar-refractivity contribution is 0.100. The highest BCUT2D eigenvalue weighted by Gasteiger charge is 2.26. The fraction of sp³-hybridized carbons (Fsp3) is 0.281. The monoisotopic (exact) mass is 611 g/mol. The third-order valence-electron chi connectivity index (χ3n) is 7.59. The molecule has 12 heteroatoms. The van der Waals surface area contributed by atoms with E-state index in [0.29, 0.717) is 36.8 Å². The fourth-order valence-corrected chi connectivity index (χ4v) is 5.94. The molecule has 0 saturated carbocycles. The molecule has 44 heavy (non-hydrogen) atoms. The molecule has 1 fully saturated rings. The van der Waals surface area contributed by atoms with Crippen molar-refractivity contribution >= 4 is 40.0 Å². The molecule has 2 aromatic carbocycles. The summed E-state index contributed by atoms with van der Waals surface area (Å²) in [5.41, 5.74) is 5.43. The summed E-state index contributed by atoms with van der Waals surface area (Å²) < 4.78 is 31.1. The van der Waals surface area contributed by atoms with Crippen molar-refractivity contribution in [3.8, 4) is 11.1 Å². The predicted molar refractivity (Wildman–Crippen MR) is 170 cm³/mol. The second-order valence-corrected chi connectivity index (χ2v) is 11.4. The maximum Gasteiger partial charge on any atom is 0.272 e. The summed E-state index contributed by atoms with van der Waals surface area (Å²) in [4.78, 5) is 34.2. The number of aryl methyl sites for hydroxylation is 2. The van der Waals surface area contributed by atoms with E-state index in [2.05, 4.69) is 21.4 Å². The van der Waals surface area contributed by atoms with Gasteiger partial charge in [0.2, 0.25) is 5.95 Å². The Hall–Kier alpha value is -4.52. The number of aromatic nitrogens is 5. The Morgan fingerprint density at radius 3 is 2.48 bits per heavy atom. The molecule has 4 heterocycles. The third-order valence-corrected chi connectivity index (χ3v) is 8.26. The predicted octanol–water partition coefficient (Wildman–Crippen LogP) is 4.82. The maximum absolute atomic E-state index is 13.3. The van der Waals surface area contributed by atoms with Crippen LogP contribution < -0.4 is 9.21 Å². The highest BCUT2D eigenvalue weighted by atomic mass is 32.2. The van der Waals surface area contributed by atoms with Gasteiger partial charge in [0.05, 0.1) is 37.3 Å². The minimum atomic E-state index is -2.61. The third kappa shape index (κ3) is 5.96. The number of carbonyl (C=O) groups is 1. The molecular weight excluding hydrogens is 578 g/mol. The molecule has 1 unspecified atom stereocenters. The van der Waals surface area contributed by atoms with Crippen LogP contribution in [-0.2, 0) is 29.0 Å². The van der Waals surface area contributed by atoms with E-state index in [-0.39, 0.29) is 5.69 Å². The van der Waals surface area contributed by atoms with Crippen LogP contribution in [0.1, 0.15) is 40.8 Å². The van der Waals surface area contributed by atoms with Gasteiger partial charge in [-0.05, 0) is 42.7 Å². The smallest absolute Gasteiger partial charge is 0.272 e. The van der Waals surface area contributed by atoms with Gasteiger partial charge in [0.15, 0.2) is 5.65 Å². The lowest BCUT2D eigenvalue weighted by atomic mass is 10.0. The van der Waals surface area contributed by atoms with Gasteiger partial charge in [0, 0.05) is 36.8 Å². The molecule has 0 bridgehead atoms. The van der Waals surface area contributed by atoms with Gasteiger partial charge in [0.25, 0.3) is 17.2 Å². The SMILES string of the molecule is CCCc1nc2c(C)nc(N3CCOCC3)nc2n1Cc1ccc(-c2ccncc2N(C(=O)c2ccccc2)S(=O)O)cc1. The molecule has 0 radical (unpaired) electrons. The number of hydrogen-bond donors (Lipinski definition) is 1. The van der Waals surface area contributed by atoms with Crippen molar-refractivity contribution in [2.45, 2.75) is 33.2 Å². The summed E-state index contributed by atoms with van der Waals surface area (Å²) in [7, 11) is 0. The Morgan fingerprint density at radius 1 is 1.02 bits per heavy atom. The van der Waals surface area contributed by atoms with Crippen molar-refractivity contribution in [2.75, 3.05) is 35.5 Å². The largest absolute Gasteiger partial charge is 0.378 e. The second-order valence-electron chi connectivity index (χ2n) is 10.5. The average Bonchev–Trinajstić information content (AvgIpc) is 3.39. The number of hydrogen-bond acceptors (Lipinski definition) is 8. The number of morpholine rings is 1. The number of rotatable bonds is 9. The number of anilines is 2. The zero-order valence-electron chi connectivity index (χ0n) is 24.6. The van der Waals surface area contributed by atoms with E-state index in [1.807, 2.05) is 31.2 Å². The van der Waals surface area contributed by atoms with Crippen LogP contribution in [0, 0.1) is 6.92 Å². The van der Waals surface area contributed by atoms with Crippen LogP contribution in [0.15, 0.2) is 73.1 Å². The first-order chi connectivity index (χ1) is 21.4. The van der Waals surface area contributed by atoms with Gasteiger partial charge < -0.3 is 14.2 Å². The number of fused-ring (bicyclic) bond motifs is 1. The molecule has 1 saturated heterocycles. The van der Waals surface area contributed by atoms with Gasteiger partial charge in [-0.15, -0.1) is 0 Å². The topological polar surface area (TPSA) is 127 Å². The Balaban J connectivity index is 1.33. The zero-order valence-corrected chi connectivity index (χ0v) is 25.4. The van der Waals surface area contributed by atoms with Crippen molar-refractivity contribution in [1.29, 1.82) is 0 Å². The fourth-order valence-electron chi connectivity index (χ4n) is 5.38. The Bertz CT molecular complexity index is 1810. The van der Waals surface area contributed by atoms with Crippen molar-refractivity contribution in [3.63, 3.8) is 0 Å². The zero-order chi connectivity index (χ0) is 30.6. The Labute approximate surface area is 258 Å². The first-order valence-corrected chi connectivity index (χ1v) is 15.6. The van der Waals surface area contributed by atoms with E-state index in [0.717, 1.165) is 64.0 Å². The number of nitrogens with zero attached hydrogens (tertiary/aromatic N) is 7. The summed E-state index contributed by atoms with van der Waals surface area (Å²) in [6.07, 6.45) is 4.78. The molecule has 11 nitrogen and oxygen atoms in total. The van der Waals surface area contributed by atoms with Crippen molar-refractivity contribution in [2.24, 2.45) is 0 Å². The van der Waals surface area contributed by atoms with E-state index >= 15 is 0 Å². The minimum Gasteiger partial charge on any atom is -0.378 e. The summed E-state index contributed by atoms with van der Waals surface area (Å²) >= 11 is -2.61.